The van der Waals surface area contributed by atoms with Crippen molar-refractivity contribution in [2.75, 3.05) is 18.0 Å². The number of nitrogens with one attached hydrogen (secondary N) is 1. The van der Waals surface area contributed by atoms with Gasteiger partial charge in [-0.3, -0.25) is 9.59 Å². The van der Waals surface area contributed by atoms with E-state index in [-0.39, 0.29) is 24.6 Å². The number of sulfonamides is 1. The second kappa shape index (κ2) is 10.1. The lowest BCUT2D eigenvalue weighted by Gasteiger charge is -2.24. The second-order valence-electron chi connectivity index (χ2n) is 9.13. The number of carbonyl (C=O) groups is 1. The van der Waals surface area contributed by atoms with Crippen molar-refractivity contribution >= 4 is 43.3 Å². The Labute approximate surface area is 227 Å². The minimum absolute atomic E-state index is 0.00461. The number of ether oxygens (including phenoxy) is 1. The van der Waals surface area contributed by atoms with Gasteiger partial charge in [-0.2, -0.15) is 10.4 Å². The van der Waals surface area contributed by atoms with E-state index < -0.39 is 26.2 Å². The lowest BCUT2D eigenvalue weighted by Crippen LogP contribution is -2.41. The summed E-state index contributed by atoms with van der Waals surface area (Å²) >= 11 is 1.22. The molecule has 0 aliphatic heterocycles. The maximum atomic E-state index is 13.3. The molecule has 1 aliphatic carbocycles. The molecule has 12 nitrogen and oxygen atoms in total. The number of thiazole rings is 1. The molecule has 1 aromatic carbocycles. The van der Waals surface area contributed by atoms with Crippen LogP contribution in [-0.4, -0.2) is 52.5 Å². The molecule has 0 saturated heterocycles. The molecule has 39 heavy (non-hydrogen) atoms. The van der Waals surface area contributed by atoms with Gasteiger partial charge in [0, 0.05) is 37.6 Å². The molecule has 0 bridgehead atoms. The number of aryl methyl sites for hydroxylation is 1. The first-order valence-corrected chi connectivity index (χ1v) is 14.1. The van der Waals surface area contributed by atoms with E-state index in [0.29, 0.717) is 34.4 Å². The first kappa shape index (κ1) is 26.3. The molecule has 14 heteroatoms. The largest absolute Gasteiger partial charge is 0.473 e. The fraction of sp³-hybridized carbons (Fsp3) is 0.280. The standard InChI is InChI=1S/C25H23N7O5S2/c1-31-20-18(11-19(23(31)34)21(33)28-13-17-5-3-16(12-26)4-6-17)14-29-30-22(20)37-15-25(7-8-25)39(35,36)32(2)24-27-9-10-38-24/h3-6,9-11,14H,7-8,13,15H2,1-2H3,(H,28,33). The lowest BCUT2D eigenvalue weighted by atomic mass is 10.1. The summed E-state index contributed by atoms with van der Waals surface area (Å²) in [7, 11) is -0.828. The van der Waals surface area contributed by atoms with Crippen LogP contribution in [-0.2, 0) is 23.6 Å². The highest BCUT2D eigenvalue weighted by Gasteiger charge is 2.58. The molecule has 1 N–H and O–H groups in total. The van der Waals surface area contributed by atoms with Crippen LogP contribution in [0.2, 0.25) is 0 Å². The van der Waals surface area contributed by atoms with Gasteiger partial charge in [0.1, 0.15) is 22.4 Å². The topological polar surface area (TPSA) is 160 Å². The van der Waals surface area contributed by atoms with E-state index in [2.05, 4.69) is 20.5 Å². The van der Waals surface area contributed by atoms with E-state index in [0.717, 1.165) is 5.56 Å². The number of hydrogen-bond acceptors (Lipinski definition) is 10. The number of hydrogen-bond donors (Lipinski definition) is 1. The van der Waals surface area contributed by atoms with Crippen LogP contribution in [0.1, 0.15) is 34.3 Å². The van der Waals surface area contributed by atoms with Crippen molar-refractivity contribution in [3.05, 3.63) is 75.1 Å². The van der Waals surface area contributed by atoms with Gasteiger partial charge in [-0.25, -0.2) is 17.7 Å². The third-order valence-corrected chi connectivity index (χ3v) is 10.1. The minimum atomic E-state index is -3.77. The van der Waals surface area contributed by atoms with E-state index in [1.807, 2.05) is 6.07 Å². The highest BCUT2D eigenvalue weighted by Crippen LogP contribution is 2.46. The number of pyridine rings is 1. The Morgan fingerprint density at radius 1 is 1.31 bits per heavy atom. The quantitative estimate of drug-likeness (QED) is 0.320. The number of fused-ring (bicyclic) bond motifs is 1. The van der Waals surface area contributed by atoms with Crippen molar-refractivity contribution in [3.8, 4) is 11.9 Å². The Balaban J connectivity index is 1.36. The van der Waals surface area contributed by atoms with Gasteiger partial charge in [0.15, 0.2) is 5.13 Å². The Hall–Kier alpha value is -4.35. The number of rotatable bonds is 9. The van der Waals surface area contributed by atoms with Crippen LogP contribution in [0.25, 0.3) is 10.9 Å². The van der Waals surface area contributed by atoms with Gasteiger partial charge in [0.05, 0.1) is 17.8 Å². The van der Waals surface area contributed by atoms with Crippen molar-refractivity contribution in [3.63, 3.8) is 0 Å². The van der Waals surface area contributed by atoms with Crippen molar-refractivity contribution in [1.29, 1.82) is 5.26 Å². The third-order valence-electron chi connectivity index (χ3n) is 6.65. The molecule has 5 rings (SSSR count). The number of aromatic nitrogens is 4. The third kappa shape index (κ3) is 4.82. The van der Waals surface area contributed by atoms with Crippen molar-refractivity contribution in [2.24, 2.45) is 7.05 Å². The summed E-state index contributed by atoms with van der Waals surface area (Å²) in [5.74, 6) is -0.579. The zero-order valence-electron chi connectivity index (χ0n) is 21.0. The molecule has 1 saturated carbocycles. The van der Waals surface area contributed by atoms with Crippen LogP contribution >= 0.6 is 11.3 Å². The Morgan fingerprint density at radius 2 is 2.05 bits per heavy atom. The van der Waals surface area contributed by atoms with Gasteiger partial charge < -0.3 is 14.6 Å². The van der Waals surface area contributed by atoms with Gasteiger partial charge >= 0.3 is 0 Å². The predicted molar refractivity (Wildman–Crippen MR) is 144 cm³/mol. The summed E-state index contributed by atoms with van der Waals surface area (Å²) < 4.78 is 33.7. The molecule has 1 fully saturated rings. The van der Waals surface area contributed by atoms with Crippen molar-refractivity contribution in [2.45, 2.75) is 24.1 Å². The number of nitriles is 1. The van der Waals surface area contributed by atoms with E-state index in [9.17, 15) is 18.0 Å². The molecule has 4 aromatic rings. The highest BCUT2D eigenvalue weighted by molar-refractivity contribution is 7.94. The molecule has 1 amide bonds. The highest BCUT2D eigenvalue weighted by atomic mass is 32.2. The van der Waals surface area contributed by atoms with E-state index >= 15 is 0 Å². The van der Waals surface area contributed by atoms with Crippen molar-refractivity contribution in [1.82, 2.24) is 25.1 Å². The summed E-state index contributed by atoms with van der Waals surface area (Å²) in [5, 5.41) is 22.1. The van der Waals surface area contributed by atoms with E-state index in [1.54, 1.807) is 29.6 Å². The number of anilines is 1. The monoisotopic (exact) mass is 565 g/mol. The second-order valence-corrected chi connectivity index (χ2v) is 12.4. The molecule has 0 unspecified atom stereocenters. The molecule has 200 valence electrons. The maximum Gasteiger partial charge on any atom is 0.263 e. The van der Waals surface area contributed by atoms with Crippen LogP contribution in [0.4, 0.5) is 5.13 Å². The van der Waals surface area contributed by atoms with E-state index in [1.165, 1.54) is 52.8 Å². The molecule has 1 aliphatic rings. The lowest BCUT2D eigenvalue weighted by molar-refractivity contribution is 0.0949. The summed E-state index contributed by atoms with van der Waals surface area (Å²) in [6, 6.07) is 10.2. The summed E-state index contributed by atoms with van der Waals surface area (Å²) in [5.41, 5.74) is 0.897. The number of amides is 1. The fourth-order valence-electron chi connectivity index (χ4n) is 4.13. The minimum Gasteiger partial charge on any atom is -0.473 e. The van der Waals surface area contributed by atoms with E-state index in [4.69, 9.17) is 10.00 Å². The molecule has 3 heterocycles. The Morgan fingerprint density at radius 3 is 2.69 bits per heavy atom. The molecule has 0 atom stereocenters. The number of benzene rings is 1. The predicted octanol–water partition coefficient (Wildman–Crippen LogP) is 1.96. The molecule has 0 radical (unpaired) electrons. The average molecular weight is 566 g/mol. The normalized spacial score (nSPS) is 14.0. The first-order valence-electron chi connectivity index (χ1n) is 11.8. The zero-order chi connectivity index (χ0) is 27.8. The van der Waals surface area contributed by atoms with Crippen LogP contribution in [0.5, 0.6) is 5.88 Å². The van der Waals surface area contributed by atoms with Crippen LogP contribution in [0.3, 0.4) is 0 Å². The SMILES string of the molecule is CN(c1nccs1)S(=O)(=O)C1(COc2nncc3cc(C(=O)NCc4ccc(C#N)cc4)c(=O)n(C)c23)CC1. The summed E-state index contributed by atoms with van der Waals surface area (Å²) in [6.07, 6.45) is 3.76. The van der Waals surface area contributed by atoms with Gasteiger partial charge in [0.2, 0.25) is 10.0 Å². The molecule has 3 aromatic heterocycles. The van der Waals surface area contributed by atoms with Gasteiger partial charge in [-0.05, 0) is 36.6 Å². The molecular weight excluding hydrogens is 542 g/mol. The summed E-state index contributed by atoms with van der Waals surface area (Å²) in [4.78, 5) is 30.1. The van der Waals surface area contributed by atoms with Crippen LogP contribution in [0, 0.1) is 11.3 Å². The Kier molecular flexibility index (Phi) is 6.79. The van der Waals surface area contributed by atoms with Crippen LogP contribution in [0.15, 0.2) is 52.9 Å². The van der Waals surface area contributed by atoms with Gasteiger partial charge in [0.25, 0.3) is 17.3 Å². The number of carbonyl (C=O) groups excluding carboxylic acids is 1. The molecule has 0 spiro atoms. The molecular formula is C25H23N7O5S2. The Bertz CT molecular complexity index is 1760. The maximum absolute atomic E-state index is 13.3. The van der Waals surface area contributed by atoms with Gasteiger partial charge in [-0.1, -0.05) is 12.1 Å². The fourth-order valence-corrected chi connectivity index (χ4v) is 6.73. The zero-order valence-corrected chi connectivity index (χ0v) is 22.6. The van der Waals surface area contributed by atoms with Crippen LogP contribution < -0.4 is 19.9 Å². The number of nitrogens with zero attached hydrogens (tertiary/aromatic N) is 6. The first-order chi connectivity index (χ1) is 18.7. The average Bonchev–Trinajstić information content (AvgIpc) is 3.56. The summed E-state index contributed by atoms with van der Waals surface area (Å²) in [6.45, 7) is -0.0133. The van der Waals surface area contributed by atoms with Gasteiger partial charge in [-0.15, -0.1) is 16.4 Å². The van der Waals surface area contributed by atoms with Crippen molar-refractivity contribution < 1.29 is 17.9 Å². The smallest absolute Gasteiger partial charge is 0.263 e.